The van der Waals surface area contributed by atoms with Crippen molar-refractivity contribution in [1.29, 1.82) is 0 Å². The monoisotopic (exact) mass is 265 g/mol. The summed E-state index contributed by atoms with van der Waals surface area (Å²) in [6.45, 7) is 5.29. The van der Waals surface area contributed by atoms with Crippen LogP contribution in [0.25, 0.3) is 0 Å². The lowest BCUT2D eigenvalue weighted by molar-refractivity contribution is 0.0551. The van der Waals surface area contributed by atoms with Gasteiger partial charge in [0.25, 0.3) is 0 Å². The molecule has 0 amide bonds. The minimum Gasteiger partial charge on any atom is -0.326 e. The Labute approximate surface area is 118 Å². The molecule has 0 spiro atoms. The van der Waals surface area contributed by atoms with Crippen LogP contribution in [-0.4, -0.2) is 54.1 Å². The Balaban J connectivity index is 1.48. The van der Waals surface area contributed by atoms with Crippen molar-refractivity contribution < 1.29 is 0 Å². The van der Waals surface area contributed by atoms with Gasteiger partial charge in [0, 0.05) is 18.1 Å². The van der Waals surface area contributed by atoms with Crippen molar-refractivity contribution in [3.05, 3.63) is 0 Å². The predicted molar refractivity (Wildman–Crippen MR) is 80.3 cm³/mol. The molecule has 2 aliphatic heterocycles. The Hall–Kier alpha value is -0.120. The zero-order valence-corrected chi connectivity index (χ0v) is 12.4. The third-order valence-electron chi connectivity index (χ3n) is 5.66. The summed E-state index contributed by atoms with van der Waals surface area (Å²) in [7, 11) is 0. The van der Waals surface area contributed by atoms with Gasteiger partial charge in [0.05, 0.1) is 0 Å². The summed E-state index contributed by atoms with van der Waals surface area (Å²) < 4.78 is 0. The van der Waals surface area contributed by atoms with Gasteiger partial charge in [-0.2, -0.15) is 0 Å². The first-order chi connectivity index (χ1) is 9.34. The van der Waals surface area contributed by atoms with Gasteiger partial charge in [-0.3, -0.25) is 4.90 Å². The van der Waals surface area contributed by atoms with Crippen LogP contribution < -0.4 is 5.73 Å². The van der Waals surface area contributed by atoms with E-state index in [0.29, 0.717) is 12.1 Å². The van der Waals surface area contributed by atoms with E-state index in [1.165, 1.54) is 84.0 Å². The Morgan fingerprint density at radius 2 is 1.32 bits per heavy atom. The van der Waals surface area contributed by atoms with Crippen molar-refractivity contribution in [1.82, 2.24) is 9.80 Å². The van der Waals surface area contributed by atoms with E-state index < -0.39 is 0 Å². The number of likely N-dealkylation sites (tertiary alicyclic amines) is 2. The van der Waals surface area contributed by atoms with Gasteiger partial charge in [0.2, 0.25) is 0 Å². The number of piperidine rings is 2. The average Bonchev–Trinajstić information content (AvgIpc) is 2.49. The molecule has 0 bridgehead atoms. The van der Waals surface area contributed by atoms with E-state index >= 15 is 0 Å². The summed E-state index contributed by atoms with van der Waals surface area (Å²) in [4.78, 5) is 5.48. The molecule has 1 saturated carbocycles. The molecule has 2 N–H and O–H groups in total. The molecular formula is C16H31N3. The molecule has 2 unspecified atom stereocenters. The molecule has 0 aromatic heterocycles. The highest BCUT2D eigenvalue weighted by molar-refractivity contribution is 4.90. The molecule has 2 atom stereocenters. The minimum atomic E-state index is 0.445. The number of hydrogen-bond donors (Lipinski definition) is 1. The van der Waals surface area contributed by atoms with E-state index in [2.05, 4.69) is 9.80 Å². The summed E-state index contributed by atoms with van der Waals surface area (Å²) in [5.41, 5.74) is 6.34. The molecule has 3 aliphatic rings. The topological polar surface area (TPSA) is 32.5 Å². The SMILES string of the molecule is NC1CCCCC1N1CCC(N2CCCCC2)CC1. The zero-order valence-electron chi connectivity index (χ0n) is 12.4. The third kappa shape index (κ3) is 3.32. The number of nitrogens with zero attached hydrogens (tertiary/aromatic N) is 2. The second-order valence-corrected chi connectivity index (χ2v) is 6.88. The van der Waals surface area contributed by atoms with Crippen molar-refractivity contribution in [2.24, 2.45) is 5.73 Å². The van der Waals surface area contributed by atoms with E-state index in [9.17, 15) is 0 Å². The first-order valence-electron chi connectivity index (χ1n) is 8.58. The van der Waals surface area contributed by atoms with Crippen molar-refractivity contribution in [2.45, 2.75) is 75.9 Å². The van der Waals surface area contributed by atoms with Crippen LogP contribution in [0, 0.1) is 0 Å². The smallest absolute Gasteiger partial charge is 0.0247 e. The zero-order chi connectivity index (χ0) is 13.1. The Morgan fingerprint density at radius 3 is 2.00 bits per heavy atom. The molecule has 110 valence electrons. The molecule has 0 aromatic rings. The minimum absolute atomic E-state index is 0.445. The van der Waals surface area contributed by atoms with Crippen LogP contribution >= 0.6 is 0 Å². The lowest BCUT2D eigenvalue weighted by atomic mass is 9.88. The van der Waals surface area contributed by atoms with Gasteiger partial charge in [0.15, 0.2) is 0 Å². The molecule has 3 rings (SSSR count). The molecule has 3 fully saturated rings. The lowest BCUT2D eigenvalue weighted by Crippen LogP contribution is -2.54. The highest BCUT2D eigenvalue weighted by Gasteiger charge is 2.32. The maximum Gasteiger partial charge on any atom is 0.0247 e. The van der Waals surface area contributed by atoms with E-state index in [4.69, 9.17) is 5.73 Å². The van der Waals surface area contributed by atoms with Crippen molar-refractivity contribution in [2.75, 3.05) is 26.2 Å². The van der Waals surface area contributed by atoms with Gasteiger partial charge in [-0.25, -0.2) is 0 Å². The van der Waals surface area contributed by atoms with Gasteiger partial charge in [-0.05, 0) is 64.7 Å². The largest absolute Gasteiger partial charge is 0.326 e. The van der Waals surface area contributed by atoms with Crippen LogP contribution in [0.1, 0.15) is 57.8 Å². The van der Waals surface area contributed by atoms with Crippen molar-refractivity contribution >= 4 is 0 Å². The van der Waals surface area contributed by atoms with Crippen LogP contribution in [0.2, 0.25) is 0 Å². The normalized spacial score (nSPS) is 36.5. The molecule has 19 heavy (non-hydrogen) atoms. The Kier molecular flexibility index (Phi) is 4.78. The fourth-order valence-electron chi connectivity index (χ4n) is 4.46. The lowest BCUT2D eigenvalue weighted by Gasteiger charge is -2.45. The highest BCUT2D eigenvalue weighted by Crippen LogP contribution is 2.27. The molecular weight excluding hydrogens is 234 g/mol. The van der Waals surface area contributed by atoms with Gasteiger partial charge in [-0.1, -0.05) is 19.3 Å². The Bertz CT molecular complexity index is 267. The highest BCUT2D eigenvalue weighted by atomic mass is 15.2. The van der Waals surface area contributed by atoms with E-state index in [1.54, 1.807) is 0 Å². The van der Waals surface area contributed by atoms with Gasteiger partial charge in [-0.15, -0.1) is 0 Å². The average molecular weight is 265 g/mol. The first kappa shape index (κ1) is 13.8. The second kappa shape index (κ2) is 6.55. The molecule has 2 heterocycles. The van der Waals surface area contributed by atoms with Gasteiger partial charge < -0.3 is 10.6 Å². The van der Waals surface area contributed by atoms with Gasteiger partial charge >= 0.3 is 0 Å². The summed E-state index contributed by atoms with van der Waals surface area (Å²) in [6, 6.07) is 2.01. The Morgan fingerprint density at radius 1 is 0.632 bits per heavy atom. The number of rotatable bonds is 2. The standard InChI is InChI=1S/C16H31N3/c17-15-6-2-3-7-16(15)19-12-8-14(9-13-19)18-10-4-1-5-11-18/h14-16H,1-13,17H2. The molecule has 0 aromatic carbocycles. The molecule has 0 radical (unpaired) electrons. The number of hydrogen-bond acceptors (Lipinski definition) is 3. The van der Waals surface area contributed by atoms with Crippen LogP contribution in [-0.2, 0) is 0 Å². The summed E-state index contributed by atoms with van der Waals surface area (Å²) in [5.74, 6) is 0. The second-order valence-electron chi connectivity index (χ2n) is 6.88. The summed E-state index contributed by atoms with van der Waals surface area (Å²) in [6.07, 6.45) is 12.4. The van der Waals surface area contributed by atoms with Crippen molar-refractivity contribution in [3.63, 3.8) is 0 Å². The van der Waals surface area contributed by atoms with E-state index in [0.717, 1.165) is 6.04 Å². The first-order valence-corrected chi connectivity index (χ1v) is 8.58. The van der Waals surface area contributed by atoms with E-state index in [-0.39, 0.29) is 0 Å². The van der Waals surface area contributed by atoms with Gasteiger partial charge in [0.1, 0.15) is 0 Å². The fraction of sp³-hybridized carbons (Fsp3) is 1.00. The van der Waals surface area contributed by atoms with Crippen molar-refractivity contribution in [3.8, 4) is 0 Å². The molecule has 3 heteroatoms. The predicted octanol–water partition coefficient (Wildman–Crippen LogP) is 2.21. The van der Waals surface area contributed by atoms with Crippen LogP contribution in [0.5, 0.6) is 0 Å². The van der Waals surface area contributed by atoms with Crippen LogP contribution in [0.4, 0.5) is 0 Å². The fourth-order valence-corrected chi connectivity index (χ4v) is 4.46. The maximum absolute atomic E-state index is 6.34. The summed E-state index contributed by atoms with van der Waals surface area (Å²) in [5, 5.41) is 0. The third-order valence-corrected chi connectivity index (χ3v) is 5.66. The quantitative estimate of drug-likeness (QED) is 0.831. The maximum atomic E-state index is 6.34. The molecule has 1 aliphatic carbocycles. The summed E-state index contributed by atoms with van der Waals surface area (Å²) >= 11 is 0. The van der Waals surface area contributed by atoms with E-state index in [1.807, 2.05) is 0 Å². The van der Waals surface area contributed by atoms with Crippen LogP contribution in [0.3, 0.4) is 0 Å². The molecule has 2 saturated heterocycles. The van der Waals surface area contributed by atoms with Crippen LogP contribution in [0.15, 0.2) is 0 Å². The molecule has 3 nitrogen and oxygen atoms in total. The number of nitrogens with two attached hydrogens (primary N) is 1.